The minimum atomic E-state index is 0.243. The molecule has 1 fully saturated rings. The van der Waals surface area contributed by atoms with Crippen molar-refractivity contribution in [2.45, 2.75) is 72.9 Å². The van der Waals surface area contributed by atoms with Gasteiger partial charge in [-0.15, -0.1) is 0 Å². The molecule has 0 N–H and O–H groups in total. The molecule has 3 unspecified atom stereocenters. The van der Waals surface area contributed by atoms with Gasteiger partial charge in [0.05, 0.1) is 0 Å². The highest BCUT2D eigenvalue weighted by atomic mass is 15.4. The quantitative estimate of drug-likeness (QED) is 0.616. The first-order chi connectivity index (χ1) is 9.74. The molecule has 0 aliphatic carbocycles. The van der Waals surface area contributed by atoms with Crippen LogP contribution < -0.4 is 0 Å². The maximum absolute atomic E-state index is 2.70. The van der Waals surface area contributed by atoms with Crippen LogP contribution in [-0.4, -0.2) is 17.0 Å². The van der Waals surface area contributed by atoms with E-state index in [2.05, 4.69) is 77.6 Å². The molecule has 1 aromatic rings. The van der Waals surface area contributed by atoms with Crippen LogP contribution in [0, 0.1) is 18.3 Å². The molecule has 0 amide bonds. The Labute approximate surface area is 131 Å². The van der Waals surface area contributed by atoms with Crippen LogP contribution in [0.1, 0.15) is 71.6 Å². The number of rotatable bonds is 6. The number of benzene rings is 1. The second-order valence-corrected chi connectivity index (χ2v) is 7.96. The Balaban J connectivity index is 2.19. The minimum absolute atomic E-state index is 0.243. The molecule has 1 heteroatoms. The zero-order valence-electron chi connectivity index (χ0n) is 15.0. The topological polar surface area (TPSA) is 3.01 Å². The van der Waals surface area contributed by atoms with E-state index in [0.717, 1.165) is 0 Å². The molecular formula is C20H33N. The highest BCUT2D eigenvalue weighted by Gasteiger charge is 2.54. The lowest BCUT2D eigenvalue weighted by Crippen LogP contribution is -2.50. The number of hydrogen-bond donors (Lipinski definition) is 0. The van der Waals surface area contributed by atoms with Gasteiger partial charge in [-0.05, 0) is 44.1 Å². The van der Waals surface area contributed by atoms with E-state index >= 15 is 0 Å². The zero-order valence-corrected chi connectivity index (χ0v) is 15.0. The summed E-state index contributed by atoms with van der Waals surface area (Å²) in [5, 5.41) is 0. The molecule has 0 spiro atoms. The smallest absolute Gasteiger partial charge is 0.0481 e. The lowest BCUT2D eigenvalue weighted by Gasteiger charge is -2.49. The van der Waals surface area contributed by atoms with E-state index in [4.69, 9.17) is 0 Å². The van der Waals surface area contributed by atoms with Gasteiger partial charge in [0.15, 0.2) is 0 Å². The van der Waals surface area contributed by atoms with E-state index in [1.165, 1.54) is 30.5 Å². The Kier molecular flexibility index (Phi) is 4.54. The van der Waals surface area contributed by atoms with Crippen molar-refractivity contribution in [2.24, 2.45) is 11.3 Å². The Morgan fingerprint density at radius 1 is 1.14 bits per heavy atom. The fourth-order valence-electron chi connectivity index (χ4n) is 3.98. The van der Waals surface area contributed by atoms with Crippen LogP contribution in [0.4, 0.5) is 0 Å². The van der Waals surface area contributed by atoms with Gasteiger partial charge in [-0.3, -0.25) is 4.90 Å². The second kappa shape index (κ2) is 5.76. The number of nitrogens with zero attached hydrogens (tertiary/aromatic N) is 1. The average Bonchev–Trinajstić information content (AvgIpc) is 3.20. The van der Waals surface area contributed by atoms with Crippen molar-refractivity contribution in [2.75, 3.05) is 6.54 Å². The van der Waals surface area contributed by atoms with E-state index in [0.29, 0.717) is 17.4 Å². The van der Waals surface area contributed by atoms with E-state index in [9.17, 15) is 0 Å². The van der Waals surface area contributed by atoms with Crippen molar-refractivity contribution in [1.29, 1.82) is 0 Å². The van der Waals surface area contributed by atoms with Gasteiger partial charge in [-0.2, -0.15) is 0 Å². The van der Waals surface area contributed by atoms with Crippen LogP contribution >= 0.6 is 0 Å². The lowest BCUT2D eigenvalue weighted by atomic mass is 9.63. The molecule has 0 saturated carbocycles. The highest BCUT2D eigenvalue weighted by molar-refractivity contribution is 5.29. The van der Waals surface area contributed by atoms with Gasteiger partial charge >= 0.3 is 0 Å². The molecule has 118 valence electrons. The first-order valence-corrected chi connectivity index (χ1v) is 8.57. The summed E-state index contributed by atoms with van der Waals surface area (Å²) in [5.74, 6) is 0.701. The molecule has 1 aromatic carbocycles. The van der Waals surface area contributed by atoms with Crippen molar-refractivity contribution < 1.29 is 0 Å². The predicted octanol–water partition coefficient (Wildman–Crippen LogP) is 5.59. The van der Waals surface area contributed by atoms with E-state index < -0.39 is 0 Å². The molecule has 0 bridgehead atoms. The highest BCUT2D eigenvalue weighted by Crippen LogP contribution is 2.53. The number of hydrogen-bond acceptors (Lipinski definition) is 1. The van der Waals surface area contributed by atoms with E-state index in [-0.39, 0.29) is 5.54 Å². The lowest BCUT2D eigenvalue weighted by molar-refractivity contribution is 0.0155. The molecule has 1 saturated heterocycles. The molecule has 0 aromatic heterocycles. The zero-order chi connectivity index (χ0) is 15.8. The van der Waals surface area contributed by atoms with Gasteiger partial charge in [0, 0.05) is 18.1 Å². The van der Waals surface area contributed by atoms with Crippen LogP contribution in [0.15, 0.2) is 24.3 Å². The molecular weight excluding hydrogens is 254 g/mol. The molecule has 1 aliphatic rings. The van der Waals surface area contributed by atoms with Crippen molar-refractivity contribution in [1.82, 2.24) is 4.90 Å². The summed E-state index contributed by atoms with van der Waals surface area (Å²) in [6.45, 7) is 17.9. The van der Waals surface area contributed by atoms with Gasteiger partial charge in [0.1, 0.15) is 0 Å². The maximum Gasteiger partial charge on any atom is 0.0481 e. The summed E-state index contributed by atoms with van der Waals surface area (Å²) in [7, 11) is 0. The molecule has 0 radical (unpaired) electrons. The third kappa shape index (κ3) is 2.90. The summed E-state index contributed by atoms with van der Waals surface area (Å²) >= 11 is 0. The van der Waals surface area contributed by atoms with Crippen LogP contribution in [0.5, 0.6) is 0 Å². The van der Waals surface area contributed by atoms with Crippen LogP contribution in [0.3, 0.4) is 0 Å². The van der Waals surface area contributed by atoms with Crippen molar-refractivity contribution in [3.05, 3.63) is 35.4 Å². The van der Waals surface area contributed by atoms with Gasteiger partial charge in [-0.1, -0.05) is 63.9 Å². The van der Waals surface area contributed by atoms with Gasteiger partial charge in [0.25, 0.3) is 0 Å². The van der Waals surface area contributed by atoms with Crippen LogP contribution in [0.25, 0.3) is 0 Å². The normalized spacial score (nSPS) is 25.0. The fraction of sp³-hybridized carbons (Fsp3) is 0.700. The van der Waals surface area contributed by atoms with Gasteiger partial charge in [0.2, 0.25) is 0 Å². The molecule has 2 rings (SSSR count). The standard InChI is InChI=1S/C20H33N/c1-8-13-20(7,15(2)3)19(5,6)21-14-18(21)17-11-9-16(4)10-12-17/h9-12,15,18H,8,13-14H2,1-7H3. The van der Waals surface area contributed by atoms with E-state index in [1.807, 2.05) is 0 Å². The first kappa shape index (κ1) is 16.5. The summed E-state index contributed by atoms with van der Waals surface area (Å²) in [5.41, 5.74) is 3.44. The Morgan fingerprint density at radius 3 is 2.19 bits per heavy atom. The number of aryl methyl sites for hydroxylation is 1. The summed E-state index contributed by atoms with van der Waals surface area (Å²) < 4.78 is 0. The third-order valence-electron chi connectivity index (χ3n) is 6.23. The minimum Gasteiger partial charge on any atom is -0.287 e. The van der Waals surface area contributed by atoms with Gasteiger partial charge in [-0.25, -0.2) is 0 Å². The van der Waals surface area contributed by atoms with Crippen molar-refractivity contribution >= 4 is 0 Å². The molecule has 1 heterocycles. The summed E-state index contributed by atoms with van der Waals surface area (Å²) in [4.78, 5) is 2.70. The molecule has 1 nitrogen and oxygen atoms in total. The first-order valence-electron chi connectivity index (χ1n) is 8.57. The Bertz CT molecular complexity index is 471. The van der Waals surface area contributed by atoms with Crippen molar-refractivity contribution in [3.8, 4) is 0 Å². The fourth-order valence-corrected chi connectivity index (χ4v) is 3.98. The second-order valence-electron chi connectivity index (χ2n) is 7.96. The summed E-state index contributed by atoms with van der Waals surface area (Å²) in [6.07, 6.45) is 2.57. The van der Waals surface area contributed by atoms with E-state index in [1.54, 1.807) is 0 Å². The third-order valence-corrected chi connectivity index (χ3v) is 6.23. The maximum atomic E-state index is 2.70. The van der Waals surface area contributed by atoms with Crippen LogP contribution in [-0.2, 0) is 0 Å². The van der Waals surface area contributed by atoms with Crippen molar-refractivity contribution in [3.63, 3.8) is 0 Å². The Morgan fingerprint density at radius 2 is 1.71 bits per heavy atom. The molecule has 3 atom stereocenters. The summed E-state index contributed by atoms with van der Waals surface area (Å²) in [6, 6.07) is 9.72. The predicted molar refractivity (Wildman–Crippen MR) is 92.6 cm³/mol. The monoisotopic (exact) mass is 287 g/mol. The van der Waals surface area contributed by atoms with Gasteiger partial charge < -0.3 is 0 Å². The van der Waals surface area contributed by atoms with Crippen LogP contribution in [0.2, 0.25) is 0 Å². The largest absolute Gasteiger partial charge is 0.287 e. The SMILES string of the molecule is CCCC(C)(C(C)C)C(C)(C)N1CC1c1ccc(C)cc1. The molecule has 21 heavy (non-hydrogen) atoms. The Hall–Kier alpha value is -0.820. The average molecular weight is 287 g/mol. The molecule has 1 aliphatic heterocycles.